The average Bonchev–Trinajstić information content (AvgIpc) is 3.28. The van der Waals surface area contributed by atoms with Gasteiger partial charge in [-0.05, 0) is 23.8 Å². The van der Waals surface area contributed by atoms with Gasteiger partial charge in [0.2, 0.25) is 11.8 Å². The van der Waals surface area contributed by atoms with E-state index in [0.717, 1.165) is 33.6 Å². The van der Waals surface area contributed by atoms with Gasteiger partial charge in [0, 0.05) is 21.4 Å². The van der Waals surface area contributed by atoms with E-state index in [2.05, 4.69) is 4.98 Å². The van der Waals surface area contributed by atoms with E-state index in [4.69, 9.17) is 16.3 Å². The molecular formula is C23H17ClN2O6S2. The van der Waals surface area contributed by atoms with Crippen molar-refractivity contribution in [2.45, 2.75) is 22.8 Å². The molecule has 2 unspecified atom stereocenters. The fourth-order valence-corrected chi connectivity index (χ4v) is 7.10. The van der Waals surface area contributed by atoms with Crippen molar-refractivity contribution in [1.82, 2.24) is 9.88 Å². The molecule has 0 bridgehead atoms. The summed E-state index contributed by atoms with van der Waals surface area (Å²) in [6.45, 7) is -0.476. The number of nitrogens with one attached hydrogen (secondary N) is 1. The van der Waals surface area contributed by atoms with E-state index < -0.39 is 41.4 Å². The lowest BCUT2D eigenvalue weighted by Gasteiger charge is -2.30. The van der Waals surface area contributed by atoms with Gasteiger partial charge in [-0.2, -0.15) is 0 Å². The first-order chi connectivity index (χ1) is 16.3. The molecule has 34 heavy (non-hydrogen) atoms. The Morgan fingerprint density at radius 1 is 1.12 bits per heavy atom. The van der Waals surface area contributed by atoms with Crippen LogP contribution in [0.3, 0.4) is 0 Å². The van der Waals surface area contributed by atoms with Gasteiger partial charge in [0.1, 0.15) is 24.2 Å². The number of benzene rings is 2. The van der Waals surface area contributed by atoms with Crippen LogP contribution >= 0.6 is 34.7 Å². The van der Waals surface area contributed by atoms with Crippen LogP contribution in [0.25, 0.3) is 0 Å². The van der Waals surface area contributed by atoms with Crippen molar-refractivity contribution < 1.29 is 24.2 Å². The van der Waals surface area contributed by atoms with Gasteiger partial charge in [-0.15, -0.1) is 0 Å². The summed E-state index contributed by atoms with van der Waals surface area (Å²) in [6.07, 6.45) is 0. The molecule has 2 aromatic carbocycles. The third kappa shape index (κ3) is 4.02. The number of fused-ring (bicyclic) bond motifs is 2. The lowest BCUT2D eigenvalue weighted by atomic mass is 9.82. The Labute approximate surface area is 206 Å². The maximum absolute atomic E-state index is 13.3. The minimum Gasteiger partial charge on any atom is -0.489 e. The number of carbonyl (C=O) groups excluding carboxylic acids is 2. The molecule has 11 heteroatoms. The Balaban J connectivity index is 1.56. The number of thiazole rings is 1. The Morgan fingerprint density at radius 3 is 2.68 bits per heavy atom. The molecule has 8 nitrogen and oxygen atoms in total. The van der Waals surface area contributed by atoms with Crippen molar-refractivity contribution in [3.63, 3.8) is 0 Å². The lowest BCUT2D eigenvalue weighted by Crippen LogP contribution is -2.36. The molecule has 2 N–H and O–H groups in total. The molecule has 0 radical (unpaired) electrons. The number of H-pyrrole nitrogens is 1. The number of hydrogen-bond acceptors (Lipinski definition) is 7. The standard InChI is InChI=1S/C23H17ClN2O6S2/c24-12-5-3-4-11(8-12)10-32-14-7-2-1-6-13(14)16-17-19(33-20-18(16)34-23(31)25-20)22(30)26(21(17)29)9-15(27)28/h1-8,16-17,19H,9-10H2,(H,25,31)(H,27,28)/t16-,17?,19?/m1/s1. The number of aliphatic carboxylic acids is 1. The molecule has 1 saturated heterocycles. The summed E-state index contributed by atoms with van der Waals surface area (Å²) in [5.74, 6) is -3.40. The van der Waals surface area contributed by atoms with Crippen LogP contribution in [0.4, 0.5) is 0 Å². The third-order valence-electron chi connectivity index (χ3n) is 5.75. The van der Waals surface area contributed by atoms with Gasteiger partial charge < -0.3 is 14.8 Å². The Kier molecular flexibility index (Phi) is 5.97. The minimum atomic E-state index is -1.27. The number of aromatic nitrogens is 1. The van der Waals surface area contributed by atoms with E-state index in [1.807, 2.05) is 12.1 Å². The first kappa shape index (κ1) is 22.7. The first-order valence-electron chi connectivity index (χ1n) is 10.3. The van der Waals surface area contributed by atoms with Crippen LogP contribution in [0, 0.1) is 5.92 Å². The Hall–Kier alpha value is -3.08. The molecule has 5 rings (SSSR count). The second-order valence-electron chi connectivity index (χ2n) is 7.86. The number of likely N-dealkylation sites (tertiary alicyclic amines) is 1. The van der Waals surface area contributed by atoms with Gasteiger partial charge in [-0.1, -0.05) is 65.0 Å². The minimum absolute atomic E-state index is 0.224. The molecule has 2 aliphatic heterocycles. The van der Waals surface area contributed by atoms with Crippen LogP contribution in [0.1, 0.15) is 21.9 Å². The second kappa shape index (κ2) is 8.94. The summed E-state index contributed by atoms with van der Waals surface area (Å²) in [4.78, 5) is 53.7. The number of halogens is 1. The summed E-state index contributed by atoms with van der Waals surface area (Å²) in [5.41, 5.74) is 1.50. The number of imide groups is 1. The van der Waals surface area contributed by atoms with Gasteiger partial charge in [-0.25, -0.2) is 0 Å². The summed E-state index contributed by atoms with van der Waals surface area (Å²) >= 11 is 8.16. The van der Waals surface area contributed by atoms with Crippen LogP contribution in [0.2, 0.25) is 5.02 Å². The smallest absolute Gasteiger partial charge is 0.323 e. The predicted molar refractivity (Wildman–Crippen MR) is 126 cm³/mol. The molecule has 0 spiro atoms. The van der Waals surface area contributed by atoms with Crippen LogP contribution in [0.15, 0.2) is 58.4 Å². The third-order valence-corrected chi connectivity index (χ3v) is 8.38. The number of nitrogens with zero attached hydrogens (tertiary/aromatic N) is 1. The van der Waals surface area contributed by atoms with Crippen molar-refractivity contribution in [3.8, 4) is 5.75 Å². The topological polar surface area (TPSA) is 117 Å². The molecule has 0 aliphatic carbocycles. The van der Waals surface area contributed by atoms with Crippen molar-refractivity contribution >= 4 is 52.5 Å². The molecule has 2 amide bonds. The zero-order valence-electron chi connectivity index (χ0n) is 17.4. The maximum atomic E-state index is 13.3. The number of para-hydroxylation sites is 1. The van der Waals surface area contributed by atoms with Crippen LogP contribution in [-0.4, -0.2) is 44.6 Å². The molecule has 1 aromatic heterocycles. The Morgan fingerprint density at radius 2 is 1.91 bits per heavy atom. The van der Waals surface area contributed by atoms with E-state index in [1.54, 1.807) is 36.4 Å². The number of amides is 2. The molecule has 174 valence electrons. The van der Waals surface area contributed by atoms with E-state index in [9.17, 15) is 24.3 Å². The molecule has 2 aliphatic rings. The van der Waals surface area contributed by atoms with Crippen LogP contribution in [-0.2, 0) is 21.0 Å². The van der Waals surface area contributed by atoms with Crippen molar-refractivity contribution in [2.75, 3.05) is 6.54 Å². The summed E-state index contributed by atoms with van der Waals surface area (Å²) in [6, 6.07) is 14.4. The summed E-state index contributed by atoms with van der Waals surface area (Å²) < 4.78 is 6.10. The fourth-order valence-electron chi connectivity index (χ4n) is 4.36. The van der Waals surface area contributed by atoms with Gasteiger partial charge >= 0.3 is 10.8 Å². The zero-order chi connectivity index (χ0) is 24.0. The van der Waals surface area contributed by atoms with E-state index in [1.165, 1.54) is 0 Å². The number of aromatic amines is 1. The molecule has 3 aromatic rings. The number of rotatable bonds is 6. The van der Waals surface area contributed by atoms with Gasteiger partial charge in [0.05, 0.1) is 10.9 Å². The SMILES string of the molecule is O=C(O)CN1C(=O)C2Sc3[nH]c(=O)sc3[C@H](c3ccccc3OCc3cccc(Cl)c3)C2C1=O. The second-order valence-corrected chi connectivity index (χ2v) is 10.5. The van der Waals surface area contributed by atoms with Gasteiger partial charge in [0.25, 0.3) is 0 Å². The quantitative estimate of drug-likeness (QED) is 0.482. The molecule has 1 fully saturated rings. The number of carboxylic acid groups (broad SMARTS) is 1. The highest BCUT2D eigenvalue weighted by Crippen LogP contribution is 2.53. The number of carbonyl (C=O) groups is 3. The zero-order valence-corrected chi connectivity index (χ0v) is 19.8. The van der Waals surface area contributed by atoms with Crippen LogP contribution in [0.5, 0.6) is 5.75 Å². The molecule has 0 saturated carbocycles. The lowest BCUT2D eigenvalue weighted by molar-refractivity contribution is -0.149. The fraction of sp³-hybridized carbons (Fsp3) is 0.217. The number of carboxylic acids is 1. The first-order valence-corrected chi connectivity index (χ1v) is 12.3. The summed E-state index contributed by atoms with van der Waals surface area (Å²) in [7, 11) is 0. The van der Waals surface area contributed by atoms with Crippen molar-refractivity contribution in [3.05, 3.63) is 79.2 Å². The normalized spacial score (nSPS) is 21.3. The monoisotopic (exact) mass is 516 g/mol. The van der Waals surface area contributed by atoms with E-state index >= 15 is 0 Å². The van der Waals surface area contributed by atoms with Crippen molar-refractivity contribution in [2.24, 2.45) is 5.92 Å². The van der Waals surface area contributed by atoms with E-state index in [-0.39, 0.29) is 11.5 Å². The number of hydrogen-bond donors (Lipinski definition) is 2. The average molecular weight is 517 g/mol. The molecular weight excluding hydrogens is 500 g/mol. The number of ether oxygens (including phenoxy) is 1. The largest absolute Gasteiger partial charge is 0.489 e. The molecule has 3 atom stereocenters. The summed E-state index contributed by atoms with van der Waals surface area (Å²) in [5, 5.41) is 9.47. The highest BCUT2D eigenvalue weighted by Gasteiger charge is 2.56. The maximum Gasteiger partial charge on any atom is 0.323 e. The van der Waals surface area contributed by atoms with Gasteiger partial charge in [-0.3, -0.25) is 24.1 Å². The van der Waals surface area contributed by atoms with Crippen molar-refractivity contribution in [1.29, 1.82) is 0 Å². The van der Waals surface area contributed by atoms with E-state index in [0.29, 0.717) is 26.2 Å². The van der Waals surface area contributed by atoms with Gasteiger partial charge in [0.15, 0.2) is 0 Å². The predicted octanol–water partition coefficient (Wildman–Crippen LogP) is 3.34. The highest BCUT2D eigenvalue weighted by atomic mass is 35.5. The molecule has 3 heterocycles. The van der Waals surface area contributed by atoms with Crippen LogP contribution < -0.4 is 9.61 Å². The Bertz CT molecular complexity index is 1370. The number of thioether (sulfide) groups is 1. The highest BCUT2D eigenvalue weighted by molar-refractivity contribution is 8.00.